The summed E-state index contributed by atoms with van der Waals surface area (Å²) in [6.45, 7) is 3.44. The molecule has 0 spiro atoms. The SMILES string of the molecule is CC(C)O.Nc1ccc(C[C@H](NC(=O)c2c(Cl)cccc2Cl)C(=O)O)cc1. The number of carboxylic acids is 1. The Balaban J connectivity index is 0.000000828. The normalized spacial score (nSPS) is 11.3. The fourth-order valence-electron chi connectivity index (χ4n) is 2.03. The minimum atomic E-state index is -1.15. The second-order valence-electron chi connectivity index (χ2n) is 6.00. The van der Waals surface area contributed by atoms with Crippen molar-refractivity contribution < 1.29 is 19.8 Å². The molecule has 2 aromatic carbocycles. The number of aliphatic hydroxyl groups excluding tert-OH is 1. The second-order valence-corrected chi connectivity index (χ2v) is 6.81. The lowest BCUT2D eigenvalue weighted by atomic mass is 10.0. The number of aliphatic hydroxyl groups is 1. The molecule has 0 aromatic heterocycles. The van der Waals surface area contributed by atoms with Crippen molar-refractivity contribution in [3.05, 3.63) is 63.6 Å². The molecule has 1 atom stereocenters. The van der Waals surface area contributed by atoms with Gasteiger partial charge in [-0.15, -0.1) is 0 Å². The van der Waals surface area contributed by atoms with Gasteiger partial charge in [-0.25, -0.2) is 4.79 Å². The number of carbonyl (C=O) groups excluding carboxylic acids is 1. The van der Waals surface area contributed by atoms with Crippen LogP contribution in [0.2, 0.25) is 10.0 Å². The van der Waals surface area contributed by atoms with Crippen LogP contribution in [0.25, 0.3) is 0 Å². The largest absolute Gasteiger partial charge is 0.480 e. The Hall–Kier alpha value is -2.28. The molecule has 0 radical (unpaired) electrons. The van der Waals surface area contributed by atoms with E-state index in [9.17, 15) is 14.7 Å². The van der Waals surface area contributed by atoms with Gasteiger partial charge in [-0.2, -0.15) is 0 Å². The Morgan fingerprint density at radius 3 is 2.00 bits per heavy atom. The maximum atomic E-state index is 12.3. The van der Waals surface area contributed by atoms with Gasteiger partial charge >= 0.3 is 5.97 Å². The standard InChI is InChI=1S/C16H14Cl2N2O3.C3H8O/c17-11-2-1-3-12(18)14(11)15(21)20-13(16(22)23)8-9-4-6-10(19)7-5-9;1-3(2)4/h1-7,13H,8,19H2,(H,20,21)(H,22,23);3-4H,1-2H3/t13-;/m0./s1. The Morgan fingerprint density at radius 1 is 1.07 bits per heavy atom. The number of aliphatic carboxylic acids is 1. The summed E-state index contributed by atoms with van der Waals surface area (Å²) in [4.78, 5) is 23.7. The first kappa shape index (κ1) is 22.8. The summed E-state index contributed by atoms with van der Waals surface area (Å²) < 4.78 is 0. The molecule has 0 saturated heterocycles. The molecule has 146 valence electrons. The molecular formula is C19H22Cl2N2O4. The molecule has 0 heterocycles. The molecule has 0 aliphatic carbocycles. The van der Waals surface area contributed by atoms with Crippen molar-refractivity contribution in [3.8, 4) is 0 Å². The van der Waals surface area contributed by atoms with E-state index < -0.39 is 17.9 Å². The van der Waals surface area contributed by atoms with E-state index in [1.807, 2.05) is 0 Å². The van der Waals surface area contributed by atoms with E-state index in [0.717, 1.165) is 5.56 Å². The van der Waals surface area contributed by atoms with Gasteiger partial charge in [0, 0.05) is 18.2 Å². The van der Waals surface area contributed by atoms with Crippen LogP contribution in [0.4, 0.5) is 5.69 Å². The number of nitrogens with two attached hydrogens (primary N) is 1. The molecule has 2 rings (SSSR count). The summed E-state index contributed by atoms with van der Waals surface area (Å²) in [6.07, 6.45) is -0.0522. The summed E-state index contributed by atoms with van der Waals surface area (Å²) in [6, 6.07) is 10.3. The van der Waals surface area contributed by atoms with E-state index in [-0.39, 0.29) is 28.1 Å². The summed E-state index contributed by atoms with van der Waals surface area (Å²) in [5.74, 6) is -1.79. The Labute approximate surface area is 167 Å². The van der Waals surface area contributed by atoms with Gasteiger partial charge in [0.1, 0.15) is 6.04 Å². The molecule has 0 aliphatic rings. The van der Waals surface area contributed by atoms with E-state index in [2.05, 4.69) is 5.32 Å². The van der Waals surface area contributed by atoms with Gasteiger partial charge in [-0.3, -0.25) is 4.79 Å². The zero-order valence-electron chi connectivity index (χ0n) is 14.9. The van der Waals surface area contributed by atoms with Gasteiger partial charge in [-0.1, -0.05) is 41.4 Å². The molecule has 0 aliphatic heterocycles. The molecule has 2 aromatic rings. The maximum absolute atomic E-state index is 12.3. The lowest BCUT2D eigenvalue weighted by Crippen LogP contribution is -2.42. The Morgan fingerprint density at radius 2 is 1.56 bits per heavy atom. The zero-order chi connectivity index (χ0) is 20.6. The van der Waals surface area contributed by atoms with Crippen LogP contribution in [0.3, 0.4) is 0 Å². The fraction of sp³-hybridized carbons (Fsp3) is 0.263. The van der Waals surface area contributed by atoms with E-state index in [0.29, 0.717) is 5.69 Å². The van der Waals surface area contributed by atoms with Gasteiger partial charge in [0.2, 0.25) is 0 Å². The van der Waals surface area contributed by atoms with Gasteiger partial charge in [0.05, 0.1) is 15.6 Å². The number of carboxylic acid groups (broad SMARTS) is 1. The third kappa shape index (κ3) is 7.86. The smallest absolute Gasteiger partial charge is 0.326 e. The minimum absolute atomic E-state index is 0.0550. The summed E-state index contributed by atoms with van der Waals surface area (Å²) >= 11 is 11.9. The van der Waals surface area contributed by atoms with Crippen molar-refractivity contribution in [1.29, 1.82) is 0 Å². The molecule has 0 unspecified atom stereocenters. The first-order valence-corrected chi connectivity index (χ1v) is 8.87. The average Bonchev–Trinajstić information content (AvgIpc) is 2.55. The van der Waals surface area contributed by atoms with Gasteiger partial charge < -0.3 is 21.3 Å². The van der Waals surface area contributed by atoms with Crippen molar-refractivity contribution in [2.45, 2.75) is 32.4 Å². The van der Waals surface area contributed by atoms with E-state index in [1.165, 1.54) is 12.1 Å². The lowest BCUT2D eigenvalue weighted by Gasteiger charge is -2.16. The Kier molecular flexibility index (Phi) is 9.08. The molecule has 0 fully saturated rings. The highest BCUT2D eigenvalue weighted by molar-refractivity contribution is 6.39. The van der Waals surface area contributed by atoms with Crippen molar-refractivity contribution in [3.63, 3.8) is 0 Å². The molecule has 6 nitrogen and oxygen atoms in total. The maximum Gasteiger partial charge on any atom is 0.326 e. The zero-order valence-corrected chi connectivity index (χ0v) is 16.5. The highest BCUT2D eigenvalue weighted by Crippen LogP contribution is 2.24. The van der Waals surface area contributed by atoms with E-state index in [4.69, 9.17) is 34.0 Å². The van der Waals surface area contributed by atoms with Gasteiger partial charge in [0.15, 0.2) is 0 Å². The third-order valence-corrected chi connectivity index (χ3v) is 3.84. The number of anilines is 1. The van der Waals surface area contributed by atoms with Crippen LogP contribution in [-0.2, 0) is 11.2 Å². The predicted octanol–water partition coefficient (Wildman–Crippen LogP) is 3.39. The highest BCUT2D eigenvalue weighted by atomic mass is 35.5. The van der Waals surface area contributed by atoms with Gasteiger partial charge in [-0.05, 0) is 43.7 Å². The number of hydrogen-bond acceptors (Lipinski definition) is 4. The second kappa shape index (κ2) is 10.8. The monoisotopic (exact) mass is 412 g/mol. The van der Waals surface area contributed by atoms with Crippen molar-refractivity contribution in [2.24, 2.45) is 0 Å². The van der Waals surface area contributed by atoms with Crippen LogP contribution in [0.5, 0.6) is 0 Å². The number of amides is 1. The fourth-order valence-corrected chi connectivity index (χ4v) is 2.60. The first-order chi connectivity index (χ1) is 12.6. The number of nitrogens with one attached hydrogen (secondary N) is 1. The third-order valence-electron chi connectivity index (χ3n) is 3.21. The number of benzene rings is 2. The predicted molar refractivity (Wildman–Crippen MR) is 107 cm³/mol. The Bertz CT molecular complexity index is 757. The van der Waals surface area contributed by atoms with E-state index >= 15 is 0 Å². The van der Waals surface area contributed by atoms with E-state index in [1.54, 1.807) is 44.2 Å². The molecule has 5 N–H and O–H groups in total. The number of hydrogen-bond donors (Lipinski definition) is 4. The summed E-state index contributed by atoms with van der Waals surface area (Å²) in [5, 5.41) is 20.1. The van der Waals surface area contributed by atoms with Crippen molar-refractivity contribution in [1.82, 2.24) is 5.32 Å². The lowest BCUT2D eigenvalue weighted by molar-refractivity contribution is -0.139. The summed E-state index contributed by atoms with van der Waals surface area (Å²) in [7, 11) is 0. The van der Waals surface area contributed by atoms with Crippen LogP contribution < -0.4 is 11.1 Å². The first-order valence-electron chi connectivity index (χ1n) is 8.12. The molecular weight excluding hydrogens is 391 g/mol. The quantitative estimate of drug-likeness (QED) is 0.562. The number of halogens is 2. The molecule has 1 amide bonds. The highest BCUT2D eigenvalue weighted by Gasteiger charge is 2.23. The van der Waals surface area contributed by atoms with Crippen LogP contribution in [-0.4, -0.2) is 34.2 Å². The topological polar surface area (TPSA) is 113 Å². The van der Waals surface area contributed by atoms with Gasteiger partial charge in [0.25, 0.3) is 5.91 Å². The van der Waals surface area contributed by atoms with Crippen LogP contribution in [0.1, 0.15) is 29.8 Å². The van der Waals surface area contributed by atoms with Crippen LogP contribution in [0.15, 0.2) is 42.5 Å². The average molecular weight is 413 g/mol. The number of nitrogen functional groups attached to an aromatic ring is 1. The molecule has 0 saturated carbocycles. The van der Waals surface area contributed by atoms with Crippen LogP contribution >= 0.6 is 23.2 Å². The number of rotatable bonds is 5. The molecule has 8 heteroatoms. The number of carbonyl (C=O) groups is 2. The van der Waals surface area contributed by atoms with Crippen molar-refractivity contribution in [2.75, 3.05) is 5.73 Å². The van der Waals surface area contributed by atoms with Crippen LogP contribution in [0, 0.1) is 0 Å². The van der Waals surface area contributed by atoms with Crippen molar-refractivity contribution >= 4 is 40.8 Å². The summed E-state index contributed by atoms with van der Waals surface area (Å²) in [5.41, 5.74) is 6.96. The molecule has 0 bridgehead atoms. The minimum Gasteiger partial charge on any atom is -0.480 e. The molecule has 27 heavy (non-hydrogen) atoms.